The number of amides is 2. The fourth-order valence-corrected chi connectivity index (χ4v) is 3.18. The summed E-state index contributed by atoms with van der Waals surface area (Å²) in [4.78, 5) is 37.3. The third-order valence-electron chi connectivity index (χ3n) is 4.36. The van der Waals surface area contributed by atoms with Crippen LogP contribution in [0.5, 0.6) is 11.5 Å². The van der Waals surface area contributed by atoms with Gasteiger partial charge in [-0.1, -0.05) is 0 Å². The Hall–Kier alpha value is -3.73. The van der Waals surface area contributed by atoms with Gasteiger partial charge in [-0.15, -0.1) is 0 Å². The summed E-state index contributed by atoms with van der Waals surface area (Å²) in [5.74, 6) is 0.753. The van der Waals surface area contributed by atoms with Crippen LogP contribution in [0.1, 0.15) is 11.1 Å². The molecule has 0 aliphatic rings. The van der Waals surface area contributed by atoms with Crippen LogP contribution in [0.15, 0.2) is 46.4 Å². The Morgan fingerprint density at radius 1 is 0.714 bits per heavy atom. The van der Waals surface area contributed by atoms with Crippen LogP contribution in [0.3, 0.4) is 0 Å². The van der Waals surface area contributed by atoms with Crippen LogP contribution in [-0.4, -0.2) is 85.6 Å². The first-order valence-corrected chi connectivity index (χ1v) is 11.4. The molecular weight excluding hydrogens is 468 g/mol. The summed E-state index contributed by atoms with van der Waals surface area (Å²) in [6, 6.07) is 10.3. The highest BCUT2D eigenvalue weighted by Crippen LogP contribution is 2.26. The molecule has 0 spiro atoms. The summed E-state index contributed by atoms with van der Waals surface area (Å²) in [6.07, 6.45) is 2.11. The lowest BCUT2D eigenvalue weighted by atomic mass is 10.2. The number of aryl methyl sites for hydroxylation is 2. The molecule has 0 heterocycles. The van der Waals surface area contributed by atoms with Crippen LogP contribution in [0.4, 0.5) is 21.0 Å². The summed E-state index contributed by atoms with van der Waals surface area (Å²) in [6.45, 7) is 3.76. The number of aliphatic imine (C=N–C) groups is 2. The van der Waals surface area contributed by atoms with E-state index in [9.17, 15) is 9.59 Å². The Morgan fingerprint density at radius 2 is 1.09 bits per heavy atom. The maximum atomic E-state index is 12.5. The van der Waals surface area contributed by atoms with E-state index in [1.165, 1.54) is 22.7 Å². The zero-order valence-corrected chi connectivity index (χ0v) is 22.2. The number of ether oxygens (including phenoxy) is 2. The number of rotatable bonds is 8. The molecule has 0 aliphatic carbocycles. The molecule has 0 fully saturated rings. The number of hydrogen-bond acceptors (Lipinski definition) is 7. The molecule has 188 valence electrons. The highest BCUT2D eigenvalue weighted by molar-refractivity contribution is 7.95. The molecule has 0 N–H and O–H groups in total. The number of carbonyl (C=O) groups is 2. The standard InChI is InChI=1S/C24H32N6O4S/c1-17-13-19(9-11-21(17)25-15-27(3)4)33-23(31)29(7)35-30(8)24(32)34-20-10-12-22(18(2)14-20)26-16-28(5)6/h9-16H,1-8H3. The molecule has 0 aromatic heterocycles. The summed E-state index contributed by atoms with van der Waals surface area (Å²) in [5.41, 5.74) is 3.27. The van der Waals surface area contributed by atoms with E-state index in [1.807, 2.05) is 51.8 Å². The van der Waals surface area contributed by atoms with Crippen molar-refractivity contribution < 1.29 is 19.1 Å². The molecule has 0 bridgehead atoms. The molecule has 2 aromatic rings. The van der Waals surface area contributed by atoms with Gasteiger partial charge in [0.05, 0.1) is 36.2 Å². The van der Waals surface area contributed by atoms with Crippen LogP contribution < -0.4 is 9.47 Å². The van der Waals surface area contributed by atoms with Crippen LogP contribution >= 0.6 is 12.1 Å². The fourth-order valence-electron chi connectivity index (χ4n) is 2.61. The topological polar surface area (TPSA) is 90.3 Å². The van der Waals surface area contributed by atoms with Crippen molar-refractivity contribution >= 4 is 48.4 Å². The smallest absolute Gasteiger partial charge is 0.410 e. The second kappa shape index (κ2) is 12.7. The monoisotopic (exact) mass is 500 g/mol. The first-order valence-electron chi connectivity index (χ1n) is 10.7. The summed E-state index contributed by atoms with van der Waals surface area (Å²) in [7, 11) is 10.5. The van der Waals surface area contributed by atoms with Crippen LogP contribution in [0, 0.1) is 13.8 Å². The lowest BCUT2D eigenvalue weighted by molar-refractivity contribution is 0.181. The predicted molar refractivity (Wildman–Crippen MR) is 141 cm³/mol. The summed E-state index contributed by atoms with van der Waals surface area (Å²) >= 11 is 0.851. The molecular formula is C24H32N6O4S. The quantitative estimate of drug-likeness (QED) is 0.290. The normalized spacial score (nSPS) is 11.0. The van der Waals surface area contributed by atoms with Crippen molar-refractivity contribution in [2.24, 2.45) is 9.98 Å². The predicted octanol–water partition coefficient (Wildman–Crippen LogP) is 4.87. The van der Waals surface area contributed by atoms with Gasteiger partial charge in [0, 0.05) is 42.3 Å². The average molecular weight is 501 g/mol. The van der Waals surface area contributed by atoms with E-state index in [2.05, 4.69) is 9.98 Å². The SMILES string of the molecule is Cc1cc(OC(=O)N(C)SN(C)C(=O)Oc2ccc(N=CN(C)C)c(C)c2)ccc1N=CN(C)C. The minimum atomic E-state index is -0.641. The van der Waals surface area contributed by atoms with Gasteiger partial charge < -0.3 is 19.3 Å². The Kier molecular flexibility index (Phi) is 9.95. The van der Waals surface area contributed by atoms with Crippen molar-refractivity contribution in [3.8, 4) is 11.5 Å². The molecule has 10 nitrogen and oxygen atoms in total. The molecule has 2 amide bonds. The van der Waals surface area contributed by atoms with E-state index >= 15 is 0 Å². The molecule has 0 saturated heterocycles. The van der Waals surface area contributed by atoms with Gasteiger partial charge in [-0.25, -0.2) is 28.2 Å². The fraction of sp³-hybridized carbons (Fsp3) is 0.333. The Balaban J connectivity index is 1.93. The van der Waals surface area contributed by atoms with Gasteiger partial charge in [0.1, 0.15) is 11.5 Å². The van der Waals surface area contributed by atoms with E-state index in [0.29, 0.717) is 11.5 Å². The molecule has 2 aromatic carbocycles. The molecule has 0 aliphatic heterocycles. The van der Waals surface area contributed by atoms with Gasteiger partial charge in [0.25, 0.3) is 0 Å². The minimum Gasteiger partial charge on any atom is -0.410 e. The van der Waals surface area contributed by atoms with Gasteiger partial charge in [-0.05, 0) is 61.4 Å². The van der Waals surface area contributed by atoms with Crippen LogP contribution in [0.2, 0.25) is 0 Å². The van der Waals surface area contributed by atoms with E-state index < -0.39 is 12.2 Å². The summed E-state index contributed by atoms with van der Waals surface area (Å²) < 4.78 is 13.2. The van der Waals surface area contributed by atoms with Crippen molar-refractivity contribution in [2.75, 3.05) is 42.3 Å². The summed E-state index contributed by atoms with van der Waals surface area (Å²) in [5, 5.41) is 0. The Bertz CT molecular complexity index is 1020. The molecule has 0 radical (unpaired) electrons. The number of carbonyl (C=O) groups excluding carboxylic acids is 2. The lowest BCUT2D eigenvalue weighted by Crippen LogP contribution is -2.32. The molecule has 11 heteroatoms. The number of hydrogen-bond donors (Lipinski definition) is 0. The lowest BCUT2D eigenvalue weighted by Gasteiger charge is -2.21. The highest BCUT2D eigenvalue weighted by Gasteiger charge is 2.20. The maximum Gasteiger partial charge on any atom is 0.426 e. The van der Waals surface area contributed by atoms with Crippen LogP contribution in [0.25, 0.3) is 0 Å². The maximum absolute atomic E-state index is 12.5. The third kappa shape index (κ3) is 8.85. The number of benzene rings is 2. The second-order valence-electron chi connectivity index (χ2n) is 8.13. The van der Waals surface area contributed by atoms with Crippen molar-refractivity contribution in [2.45, 2.75) is 13.8 Å². The zero-order chi connectivity index (χ0) is 26.1. The van der Waals surface area contributed by atoms with E-state index in [-0.39, 0.29) is 0 Å². The molecule has 0 unspecified atom stereocenters. The molecule has 0 atom stereocenters. The third-order valence-corrected chi connectivity index (χ3v) is 5.15. The largest absolute Gasteiger partial charge is 0.426 e. The first kappa shape index (κ1) is 27.5. The minimum absolute atomic E-state index is 0.376. The van der Waals surface area contributed by atoms with Gasteiger partial charge in [0.15, 0.2) is 0 Å². The van der Waals surface area contributed by atoms with Crippen molar-refractivity contribution in [3.05, 3.63) is 47.5 Å². The van der Waals surface area contributed by atoms with Crippen molar-refractivity contribution in [3.63, 3.8) is 0 Å². The van der Waals surface area contributed by atoms with Crippen LogP contribution in [-0.2, 0) is 0 Å². The van der Waals surface area contributed by atoms with E-state index in [4.69, 9.17) is 9.47 Å². The highest BCUT2D eigenvalue weighted by atomic mass is 32.2. The van der Waals surface area contributed by atoms with Gasteiger partial charge >= 0.3 is 12.2 Å². The Morgan fingerprint density at radius 3 is 1.40 bits per heavy atom. The van der Waals surface area contributed by atoms with Gasteiger partial charge in [0.2, 0.25) is 0 Å². The molecule has 35 heavy (non-hydrogen) atoms. The molecule has 2 rings (SSSR count). The average Bonchev–Trinajstić information content (AvgIpc) is 2.77. The van der Waals surface area contributed by atoms with Crippen molar-refractivity contribution in [1.82, 2.24) is 18.4 Å². The van der Waals surface area contributed by atoms with Crippen molar-refractivity contribution in [1.29, 1.82) is 0 Å². The first-order chi connectivity index (χ1) is 16.5. The van der Waals surface area contributed by atoms with E-state index in [1.54, 1.807) is 49.1 Å². The Labute approximate surface area is 211 Å². The zero-order valence-electron chi connectivity index (χ0n) is 21.3. The van der Waals surface area contributed by atoms with E-state index in [0.717, 1.165) is 34.6 Å². The number of nitrogens with zero attached hydrogens (tertiary/aromatic N) is 6. The van der Waals surface area contributed by atoms with Gasteiger partial charge in [-0.2, -0.15) is 0 Å². The molecule has 0 saturated carbocycles. The second-order valence-corrected chi connectivity index (χ2v) is 9.38. The van der Waals surface area contributed by atoms with Gasteiger partial charge in [-0.3, -0.25) is 0 Å².